The fourth-order valence-electron chi connectivity index (χ4n) is 3.41. The van der Waals surface area contributed by atoms with Crippen molar-refractivity contribution >= 4 is 22.9 Å². The van der Waals surface area contributed by atoms with Crippen molar-refractivity contribution in [2.24, 2.45) is 0 Å². The maximum Gasteiger partial charge on any atom is 0.273 e. The number of aromatic nitrogens is 4. The largest absolute Gasteiger partial charge is 0.337 e. The van der Waals surface area contributed by atoms with Gasteiger partial charge < -0.3 is 4.90 Å². The molecule has 1 aliphatic rings. The van der Waals surface area contributed by atoms with Crippen LogP contribution in [0.1, 0.15) is 53.4 Å². The van der Waals surface area contributed by atoms with Crippen molar-refractivity contribution in [2.75, 3.05) is 13.1 Å². The number of nitrogens with zero attached hydrogens (tertiary/aromatic N) is 5. The lowest BCUT2D eigenvalue weighted by Crippen LogP contribution is -2.39. The van der Waals surface area contributed by atoms with E-state index in [0.29, 0.717) is 12.2 Å². The molecule has 0 bridgehead atoms. The average Bonchev–Trinajstić information content (AvgIpc) is 3.28. The van der Waals surface area contributed by atoms with E-state index in [1.165, 1.54) is 0 Å². The summed E-state index contributed by atoms with van der Waals surface area (Å²) in [6.45, 7) is 3.59. The highest BCUT2D eigenvalue weighted by molar-refractivity contribution is 7.09. The summed E-state index contributed by atoms with van der Waals surface area (Å²) in [5.74, 6) is 1.19. The van der Waals surface area contributed by atoms with E-state index in [1.54, 1.807) is 11.3 Å². The maximum absolute atomic E-state index is 12.8. The van der Waals surface area contributed by atoms with E-state index >= 15 is 0 Å². The van der Waals surface area contributed by atoms with Crippen molar-refractivity contribution in [3.63, 3.8) is 0 Å². The molecular formula is C18H21N5OS. The molecule has 25 heavy (non-hydrogen) atoms. The molecule has 4 heterocycles. The number of aryl methyl sites for hydroxylation is 1. The molecule has 0 saturated carbocycles. The molecule has 4 rings (SSSR count). The molecule has 0 N–H and O–H groups in total. The number of carbonyl (C=O) groups excluding carboxylic acids is 1. The molecule has 0 unspecified atom stereocenters. The van der Waals surface area contributed by atoms with Gasteiger partial charge in [0.25, 0.3) is 5.91 Å². The Morgan fingerprint density at radius 2 is 2.28 bits per heavy atom. The van der Waals surface area contributed by atoms with Crippen LogP contribution in [0.2, 0.25) is 0 Å². The molecule has 3 aromatic heterocycles. The third kappa shape index (κ3) is 3.16. The molecule has 130 valence electrons. The summed E-state index contributed by atoms with van der Waals surface area (Å²) in [6.07, 6.45) is 5.98. The van der Waals surface area contributed by atoms with Crippen LogP contribution in [-0.2, 0) is 6.42 Å². The second-order valence-electron chi connectivity index (χ2n) is 6.45. The lowest BCUT2D eigenvalue weighted by molar-refractivity contribution is 0.0699. The van der Waals surface area contributed by atoms with Crippen molar-refractivity contribution in [1.82, 2.24) is 24.5 Å². The minimum atomic E-state index is 0.0390. The quantitative estimate of drug-likeness (QED) is 0.721. The van der Waals surface area contributed by atoms with Crippen molar-refractivity contribution < 1.29 is 4.79 Å². The van der Waals surface area contributed by atoms with Crippen LogP contribution in [0.5, 0.6) is 0 Å². The van der Waals surface area contributed by atoms with E-state index in [9.17, 15) is 4.79 Å². The molecule has 0 radical (unpaired) electrons. The summed E-state index contributed by atoms with van der Waals surface area (Å²) >= 11 is 1.58. The molecule has 1 aliphatic heterocycles. The fraction of sp³-hybridized carbons (Fsp3) is 0.444. The van der Waals surface area contributed by atoms with Gasteiger partial charge in [0.1, 0.15) is 11.5 Å². The first-order chi connectivity index (χ1) is 12.3. The van der Waals surface area contributed by atoms with Gasteiger partial charge in [-0.25, -0.2) is 4.98 Å². The zero-order chi connectivity index (χ0) is 17.2. The Kier molecular flexibility index (Phi) is 4.48. The van der Waals surface area contributed by atoms with Gasteiger partial charge in [0.05, 0.1) is 5.01 Å². The zero-order valence-corrected chi connectivity index (χ0v) is 15.1. The summed E-state index contributed by atoms with van der Waals surface area (Å²) in [5, 5.41) is 11.6. The topological polar surface area (TPSA) is 63.4 Å². The van der Waals surface area contributed by atoms with Crippen LogP contribution >= 0.6 is 11.3 Å². The van der Waals surface area contributed by atoms with Crippen LogP contribution in [0.25, 0.3) is 5.65 Å². The lowest BCUT2D eigenvalue weighted by atomic mass is 9.97. The predicted molar refractivity (Wildman–Crippen MR) is 97.0 cm³/mol. The van der Waals surface area contributed by atoms with E-state index in [4.69, 9.17) is 0 Å². The van der Waals surface area contributed by atoms with Gasteiger partial charge in [-0.1, -0.05) is 13.0 Å². The van der Waals surface area contributed by atoms with Gasteiger partial charge in [0.2, 0.25) is 0 Å². The van der Waals surface area contributed by atoms with Gasteiger partial charge in [-0.15, -0.1) is 21.5 Å². The Balaban J connectivity index is 1.53. The molecular weight excluding hydrogens is 334 g/mol. The van der Waals surface area contributed by atoms with Crippen molar-refractivity contribution in [3.05, 3.63) is 46.3 Å². The van der Waals surface area contributed by atoms with E-state index in [1.807, 2.05) is 39.1 Å². The first-order valence-corrected chi connectivity index (χ1v) is 9.67. The van der Waals surface area contributed by atoms with E-state index in [2.05, 4.69) is 22.1 Å². The standard InChI is InChI=1S/C18H21N5OS/c1-2-6-16-19-14(12-25-16)18(24)22-9-5-7-13(11-22)17-21-20-15-8-3-4-10-23(15)17/h3-4,8,10,12-13H,2,5-7,9,11H2,1H3/t13-/m1/s1. The van der Waals surface area contributed by atoms with Crippen LogP contribution < -0.4 is 0 Å². The van der Waals surface area contributed by atoms with Crippen LogP contribution in [0.15, 0.2) is 29.8 Å². The van der Waals surface area contributed by atoms with Gasteiger partial charge in [-0.05, 0) is 37.8 Å². The highest BCUT2D eigenvalue weighted by Gasteiger charge is 2.29. The van der Waals surface area contributed by atoms with E-state index in [-0.39, 0.29) is 11.8 Å². The summed E-state index contributed by atoms with van der Waals surface area (Å²) in [6, 6.07) is 5.89. The molecule has 0 aliphatic carbocycles. The Bertz CT molecular complexity index is 886. The van der Waals surface area contributed by atoms with E-state index in [0.717, 1.165) is 48.7 Å². The molecule has 6 nitrogen and oxygen atoms in total. The smallest absolute Gasteiger partial charge is 0.273 e. The molecule has 1 saturated heterocycles. The van der Waals surface area contributed by atoms with Crippen molar-refractivity contribution in [3.8, 4) is 0 Å². The first kappa shape index (κ1) is 16.2. The Labute approximate surface area is 150 Å². The highest BCUT2D eigenvalue weighted by atomic mass is 32.1. The number of likely N-dealkylation sites (tertiary alicyclic amines) is 1. The molecule has 1 fully saturated rings. The predicted octanol–water partition coefficient (Wildman–Crippen LogP) is 3.16. The number of thiazole rings is 1. The monoisotopic (exact) mass is 355 g/mol. The number of pyridine rings is 1. The van der Waals surface area contributed by atoms with Crippen LogP contribution in [0, 0.1) is 0 Å². The second-order valence-corrected chi connectivity index (χ2v) is 7.40. The molecule has 1 amide bonds. The van der Waals surface area contributed by atoms with Crippen LogP contribution in [0.3, 0.4) is 0 Å². The number of rotatable bonds is 4. The molecule has 3 aromatic rings. The third-order valence-electron chi connectivity index (χ3n) is 4.65. The Hall–Kier alpha value is -2.28. The second kappa shape index (κ2) is 6.92. The van der Waals surface area contributed by atoms with Crippen LogP contribution in [0.4, 0.5) is 0 Å². The Morgan fingerprint density at radius 1 is 1.36 bits per heavy atom. The molecule has 0 aromatic carbocycles. The number of hydrogen-bond donors (Lipinski definition) is 0. The normalized spacial score (nSPS) is 18.0. The summed E-state index contributed by atoms with van der Waals surface area (Å²) < 4.78 is 2.03. The number of fused-ring (bicyclic) bond motifs is 1. The van der Waals surface area contributed by atoms with Gasteiger partial charge in [0, 0.05) is 30.6 Å². The van der Waals surface area contributed by atoms with Gasteiger partial charge in [-0.2, -0.15) is 0 Å². The van der Waals surface area contributed by atoms with Crippen LogP contribution in [-0.4, -0.2) is 43.5 Å². The van der Waals surface area contributed by atoms with Gasteiger partial charge in [-0.3, -0.25) is 9.20 Å². The molecule has 7 heteroatoms. The van der Waals surface area contributed by atoms with Gasteiger partial charge >= 0.3 is 0 Å². The number of hydrogen-bond acceptors (Lipinski definition) is 5. The minimum absolute atomic E-state index is 0.0390. The summed E-state index contributed by atoms with van der Waals surface area (Å²) in [4.78, 5) is 19.2. The highest BCUT2D eigenvalue weighted by Crippen LogP contribution is 2.27. The number of piperidine rings is 1. The third-order valence-corrected chi connectivity index (χ3v) is 5.56. The van der Waals surface area contributed by atoms with Gasteiger partial charge in [0.15, 0.2) is 5.65 Å². The average molecular weight is 355 g/mol. The number of carbonyl (C=O) groups is 1. The zero-order valence-electron chi connectivity index (χ0n) is 14.3. The van der Waals surface area contributed by atoms with E-state index < -0.39 is 0 Å². The minimum Gasteiger partial charge on any atom is -0.337 e. The van der Waals surface area contributed by atoms with Crippen molar-refractivity contribution in [1.29, 1.82) is 0 Å². The molecule has 1 atom stereocenters. The summed E-state index contributed by atoms with van der Waals surface area (Å²) in [7, 11) is 0. The van der Waals surface area contributed by atoms with Crippen molar-refractivity contribution in [2.45, 2.75) is 38.5 Å². The molecule has 0 spiro atoms. The Morgan fingerprint density at radius 3 is 3.16 bits per heavy atom. The number of amides is 1. The maximum atomic E-state index is 12.8. The summed E-state index contributed by atoms with van der Waals surface area (Å²) in [5.41, 5.74) is 1.44. The SMILES string of the molecule is CCCc1nc(C(=O)N2CCC[C@@H](c3nnc4ccccn34)C2)cs1. The first-order valence-electron chi connectivity index (χ1n) is 8.79. The fourth-order valence-corrected chi connectivity index (χ4v) is 4.28. The lowest BCUT2D eigenvalue weighted by Gasteiger charge is -2.31.